The van der Waals surface area contributed by atoms with E-state index in [1.807, 2.05) is 24.3 Å². The van der Waals surface area contributed by atoms with Crippen molar-refractivity contribution < 1.29 is 18.6 Å². The number of aliphatic hydroxyl groups excluding tert-OH is 2. The fourth-order valence-electron chi connectivity index (χ4n) is 3.02. The number of aryl methyl sites for hydroxylation is 1. The number of sulfone groups is 1. The third-order valence-electron chi connectivity index (χ3n) is 4.18. The molecule has 0 amide bonds. The van der Waals surface area contributed by atoms with E-state index in [2.05, 4.69) is 6.92 Å². The van der Waals surface area contributed by atoms with E-state index < -0.39 is 20.5 Å². The van der Waals surface area contributed by atoms with E-state index in [1.165, 1.54) is 5.56 Å². The molecule has 19 heavy (non-hydrogen) atoms. The van der Waals surface area contributed by atoms with Gasteiger partial charge in [0.05, 0.1) is 18.5 Å². The molecule has 0 spiro atoms. The first kappa shape index (κ1) is 14.5. The lowest BCUT2D eigenvalue weighted by Crippen LogP contribution is -2.22. The van der Waals surface area contributed by atoms with E-state index in [0.717, 1.165) is 18.2 Å². The number of rotatable bonds is 5. The van der Waals surface area contributed by atoms with Crippen LogP contribution in [0.2, 0.25) is 0 Å². The Bertz CT molecular complexity index is 543. The molecule has 1 saturated carbocycles. The molecule has 0 radical (unpaired) electrons. The van der Waals surface area contributed by atoms with Gasteiger partial charge >= 0.3 is 0 Å². The highest BCUT2D eigenvalue weighted by Gasteiger charge is 2.69. The zero-order chi connectivity index (χ0) is 14.3. The van der Waals surface area contributed by atoms with Crippen LogP contribution in [0, 0.1) is 5.41 Å². The summed E-state index contributed by atoms with van der Waals surface area (Å²) in [4.78, 5) is 0. The minimum Gasteiger partial charge on any atom is -0.396 e. The third-order valence-corrected chi connectivity index (χ3v) is 5.84. The quantitative estimate of drug-likeness (QED) is 0.836. The van der Waals surface area contributed by atoms with Crippen LogP contribution in [0.5, 0.6) is 0 Å². The summed E-state index contributed by atoms with van der Waals surface area (Å²) in [6, 6.07) is 7.72. The molecule has 0 aromatic heterocycles. The van der Waals surface area contributed by atoms with Crippen molar-refractivity contribution in [3.8, 4) is 0 Å². The zero-order valence-corrected chi connectivity index (χ0v) is 12.0. The topological polar surface area (TPSA) is 74.6 Å². The first-order chi connectivity index (χ1) is 8.90. The van der Waals surface area contributed by atoms with Gasteiger partial charge in [0.15, 0.2) is 9.84 Å². The van der Waals surface area contributed by atoms with Crippen LogP contribution in [-0.4, -0.2) is 43.4 Å². The minimum absolute atomic E-state index is 0.316. The van der Waals surface area contributed by atoms with Crippen LogP contribution in [-0.2, 0) is 16.3 Å². The summed E-state index contributed by atoms with van der Waals surface area (Å²) in [5, 5.41) is 18.3. The van der Waals surface area contributed by atoms with Crippen LogP contribution >= 0.6 is 0 Å². The van der Waals surface area contributed by atoms with Gasteiger partial charge in [-0.2, -0.15) is 0 Å². The normalized spacial score (nSPS) is 25.3. The van der Waals surface area contributed by atoms with Crippen LogP contribution in [0.3, 0.4) is 0 Å². The molecule has 0 saturated heterocycles. The molecular formula is C14H20O4S. The number of hydrogen-bond acceptors (Lipinski definition) is 4. The molecule has 0 unspecified atom stereocenters. The number of benzene rings is 1. The lowest BCUT2D eigenvalue weighted by molar-refractivity contribution is 0.130. The van der Waals surface area contributed by atoms with Gasteiger partial charge in [-0.05, 0) is 17.5 Å². The van der Waals surface area contributed by atoms with Crippen LogP contribution in [0.15, 0.2) is 24.3 Å². The van der Waals surface area contributed by atoms with Crippen molar-refractivity contribution in [1.82, 2.24) is 0 Å². The highest BCUT2D eigenvalue weighted by atomic mass is 32.2. The van der Waals surface area contributed by atoms with Gasteiger partial charge in [0, 0.05) is 17.6 Å². The van der Waals surface area contributed by atoms with Gasteiger partial charge < -0.3 is 10.2 Å². The van der Waals surface area contributed by atoms with E-state index in [-0.39, 0.29) is 19.1 Å². The second-order valence-corrected chi connectivity index (χ2v) is 7.54. The van der Waals surface area contributed by atoms with Crippen molar-refractivity contribution in [3.05, 3.63) is 35.4 Å². The van der Waals surface area contributed by atoms with Crippen molar-refractivity contribution in [2.24, 2.45) is 5.41 Å². The van der Waals surface area contributed by atoms with Gasteiger partial charge in [0.1, 0.15) is 0 Å². The molecule has 106 valence electrons. The van der Waals surface area contributed by atoms with Gasteiger partial charge in [-0.1, -0.05) is 31.2 Å². The molecule has 2 rings (SSSR count). The van der Waals surface area contributed by atoms with Gasteiger partial charge in [0.2, 0.25) is 0 Å². The molecule has 1 aliphatic carbocycles. The SMILES string of the molecule is CCc1ccc([C@H]2[C@H](S(C)(=O)=O)C2(CO)CO)cc1. The molecule has 1 aliphatic rings. The van der Waals surface area contributed by atoms with Gasteiger partial charge in [-0.25, -0.2) is 8.42 Å². The molecule has 0 bridgehead atoms. The Morgan fingerprint density at radius 2 is 1.68 bits per heavy atom. The van der Waals surface area contributed by atoms with E-state index in [1.54, 1.807) is 0 Å². The molecule has 1 aromatic rings. The van der Waals surface area contributed by atoms with Gasteiger partial charge in [-0.3, -0.25) is 0 Å². The maximum Gasteiger partial charge on any atom is 0.151 e. The Morgan fingerprint density at radius 1 is 1.16 bits per heavy atom. The molecule has 5 heteroatoms. The Balaban J connectivity index is 2.37. The molecule has 0 aliphatic heterocycles. The lowest BCUT2D eigenvalue weighted by Gasteiger charge is -2.10. The Kier molecular flexibility index (Phi) is 3.73. The molecule has 2 atom stereocenters. The summed E-state index contributed by atoms with van der Waals surface area (Å²) in [6.07, 6.45) is 2.09. The molecule has 1 aromatic carbocycles. The maximum atomic E-state index is 11.8. The first-order valence-electron chi connectivity index (χ1n) is 6.40. The van der Waals surface area contributed by atoms with Gasteiger partial charge in [0.25, 0.3) is 0 Å². The largest absolute Gasteiger partial charge is 0.396 e. The number of aliphatic hydroxyl groups is 2. The number of hydrogen-bond donors (Lipinski definition) is 2. The summed E-state index contributed by atoms with van der Waals surface area (Å²) in [7, 11) is -3.29. The van der Waals surface area contributed by atoms with E-state index in [9.17, 15) is 18.6 Å². The molecule has 1 fully saturated rings. The predicted molar refractivity (Wildman–Crippen MR) is 73.8 cm³/mol. The Morgan fingerprint density at radius 3 is 2.00 bits per heavy atom. The summed E-state index contributed by atoms with van der Waals surface area (Å²) < 4.78 is 23.6. The van der Waals surface area contributed by atoms with Crippen LogP contribution in [0.4, 0.5) is 0 Å². The molecule has 4 nitrogen and oxygen atoms in total. The zero-order valence-electron chi connectivity index (χ0n) is 11.2. The smallest absolute Gasteiger partial charge is 0.151 e. The highest BCUT2D eigenvalue weighted by Crippen LogP contribution is 2.62. The monoisotopic (exact) mass is 284 g/mol. The second kappa shape index (κ2) is 4.89. The Labute approximate surface area is 114 Å². The second-order valence-electron chi connectivity index (χ2n) is 5.37. The highest BCUT2D eigenvalue weighted by molar-refractivity contribution is 7.91. The van der Waals surface area contributed by atoms with Crippen molar-refractivity contribution >= 4 is 9.84 Å². The fraction of sp³-hybridized carbons (Fsp3) is 0.571. The summed E-state index contributed by atoms with van der Waals surface area (Å²) in [5.41, 5.74) is 1.12. The summed E-state index contributed by atoms with van der Waals surface area (Å²) >= 11 is 0. The van der Waals surface area contributed by atoms with E-state index >= 15 is 0 Å². The molecule has 2 N–H and O–H groups in total. The first-order valence-corrected chi connectivity index (χ1v) is 8.35. The fourth-order valence-corrected chi connectivity index (χ4v) is 5.01. The van der Waals surface area contributed by atoms with Crippen LogP contribution in [0.25, 0.3) is 0 Å². The summed E-state index contributed by atoms with van der Waals surface area (Å²) in [6.45, 7) is 1.42. The van der Waals surface area contributed by atoms with Crippen molar-refractivity contribution in [3.63, 3.8) is 0 Å². The van der Waals surface area contributed by atoms with Crippen LogP contribution in [0.1, 0.15) is 24.0 Å². The Hall–Kier alpha value is -0.910. The minimum atomic E-state index is -3.29. The average Bonchev–Trinajstić information content (AvgIpc) is 3.09. The van der Waals surface area contributed by atoms with Crippen molar-refractivity contribution in [2.75, 3.05) is 19.5 Å². The van der Waals surface area contributed by atoms with Crippen molar-refractivity contribution in [1.29, 1.82) is 0 Å². The summed E-state index contributed by atoms with van der Waals surface area (Å²) in [5.74, 6) is -0.316. The van der Waals surface area contributed by atoms with Crippen molar-refractivity contribution in [2.45, 2.75) is 24.5 Å². The van der Waals surface area contributed by atoms with E-state index in [4.69, 9.17) is 0 Å². The average molecular weight is 284 g/mol. The molecule has 0 heterocycles. The predicted octanol–water partition coefficient (Wildman–Crippen LogP) is 0.730. The molecular weight excluding hydrogens is 264 g/mol. The third kappa shape index (κ3) is 2.30. The van der Waals surface area contributed by atoms with E-state index in [0.29, 0.717) is 0 Å². The van der Waals surface area contributed by atoms with Crippen LogP contribution < -0.4 is 0 Å². The van der Waals surface area contributed by atoms with Gasteiger partial charge in [-0.15, -0.1) is 0 Å². The lowest BCUT2D eigenvalue weighted by atomic mass is 9.99. The maximum absolute atomic E-state index is 11.8. The standard InChI is InChI=1S/C14H20O4S/c1-3-10-4-6-11(7-5-10)12-13(19(2,17)18)14(12,8-15)9-16/h4-7,12-13,15-16H,3,8-9H2,1-2H3/t12-,13-/m0/s1.